The van der Waals surface area contributed by atoms with Crippen LogP contribution in [0.2, 0.25) is 0 Å². The van der Waals surface area contributed by atoms with E-state index in [2.05, 4.69) is 10.3 Å². The molecule has 0 spiro atoms. The van der Waals surface area contributed by atoms with E-state index >= 15 is 0 Å². The number of hydrogen-bond acceptors (Lipinski definition) is 2. The first-order valence-electron chi connectivity index (χ1n) is 7.00. The van der Waals surface area contributed by atoms with Crippen LogP contribution in [0.3, 0.4) is 0 Å². The number of furan rings is 1. The number of aromatic amines is 1. The van der Waals surface area contributed by atoms with Crippen molar-refractivity contribution in [3.8, 4) is 0 Å². The van der Waals surface area contributed by atoms with Gasteiger partial charge in [-0.25, -0.2) is 0 Å². The average molecular weight is 282 g/mol. The molecule has 3 rings (SSSR count). The highest BCUT2D eigenvalue weighted by molar-refractivity contribution is 6.05. The largest absolute Gasteiger partial charge is 0.466 e. The van der Waals surface area contributed by atoms with E-state index in [0.717, 1.165) is 28.0 Å². The van der Waals surface area contributed by atoms with Crippen molar-refractivity contribution in [2.45, 2.75) is 26.8 Å². The number of rotatable bonds is 3. The summed E-state index contributed by atoms with van der Waals surface area (Å²) < 4.78 is 5.52. The molecule has 4 heteroatoms. The van der Waals surface area contributed by atoms with Gasteiger partial charge in [0.25, 0.3) is 5.91 Å². The summed E-state index contributed by atoms with van der Waals surface area (Å²) >= 11 is 0. The fraction of sp³-hybridized carbons (Fsp3) is 0.235. The van der Waals surface area contributed by atoms with Crippen LogP contribution in [-0.2, 0) is 0 Å². The SMILES string of the molecule is Cc1cc(C(C)NC(=O)c2cccc3cc[nH]c23)c(C)o1. The van der Waals surface area contributed by atoms with E-state index in [0.29, 0.717) is 5.56 Å². The van der Waals surface area contributed by atoms with Gasteiger partial charge in [-0.3, -0.25) is 4.79 Å². The van der Waals surface area contributed by atoms with Crippen LogP contribution >= 0.6 is 0 Å². The second-order valence-corrected chi connectivity index (χ2v) is 5.31. The first-order chi connectivity index (χ1) is 10.1. The number of aromatic nitrogens is 1. The standard InChI is InChI=1S/C17H18N2O2/c1-10-9-15(12(3)21-10)11(2)19-17(20)14-6-4-5-13-7-8-18-16(13)14/h4-9,11,18H,1-3H3,(H,19,20). The molecule has 1 atom stereocenters. The summed E-state index contributed by atoms with van der Waals surface area (Å²) in [6.07, 6.45) is 1.84. The predicted octanol–water partition coefficient (Wildman–Crippen LogP) is 3.87. The van der Waals surface area contributed by atoms with Crippen LogP contribution in [-0.4, -0.2) is 10.9 Å². The minimum atomic E-state index is -0.0971. The van der Waals surface area contributed by atoms with E-state index in [-0.39, 0.29) is 11.9 Å². The Kier molecular flexibility index (Phi) is 3.29. The molecular formula is C17H18N2O2. The third-order valence-corrected chi connectivity index (χ3v) is 3.73. The number of carbonyl (C=O) groups is 1. The Morgan fingerprint density at radius 2 is 2.10 bits per heavy atom. The van der Waals surface area contributed by atoms with Gasteiger partial charge >= 0.3 is 0 Å². The normalized spacial score (nSPS) is 12.5. The average Bonchev–Trinajstić information content (AvgIpc) is 3.04. The molecule has 1 unspecified atom stereocenters. The zero-order chi connectivity index (χ0) is 15.0. The van der Waals surface area contributed by atoms with Gasteiger partial charge in [0.15, 0.2) is 0 Å². The van der Waals surface area contributed by atoms with Crippen LogP contribution < -0.4 is 5.32 Å². The van der Waals surface area contributed by atoms with Crippen LogP contribution in [0.1, 0.15) is 40.4 Å². The number of carbonyl (C=O) groups excluding carboxylic acids is 1. The maximum atomic E-state index is 12.5. The molecule has 2 N–H and O–H groups in total. The van der Waals surface area contributed by atoms with E-state index in [1.165, 1.54) is 0 Å². The van der Waals surface area contributed by atoms with E-state index < -0.39 is 0 Å². The van der Waals surface area contributed by atoms with Gasteiger partial charge in [-0.05, 0) is 39.0 Å². The van der Waals surface area contributed by atoms with Crippen molar-refractivity contribution in [1.82, 2.24) is 10.3 Å². The molecular weight excluding hydrogens is 264 g/mol. The van der Waals surface area contributed by atoms with Crippen LogP contribution in [0.15, 0.2) is 40.9 Å². The number of para-hydroxylation sites is 1. The van der Waals surface area contributed by atoms with Crippen molar-refractivity contribution < 1.29 is 9.21 Å². The zero-order valence-electron chi connectivity index (χ0n) is 12.4. The molecule has 0 aliphatic heterocycles. The minimum absolute atomic E-state index is 0.0891. The summed E-state index contributed by atoms with van der Waals surface area (Å²) in [4.78, 5) is 15.6. The van der Waals surface area contributed by atoms with Gasteiger partial charge in [0.2, 0.25) is 0 Å². The van der Waals surface area contributed by atoms with Crippen molar-refractivity contribution in [1.29, 1.82) is 0 Å². The van der Waals surface area contributed by atoms with Crippen LogP contribution in [0, 0.1) is 13.8 Å². The monoisotopic (exact) mass is 282 g/mol. The summed E-state index contributed by atoms with van der Waals surface area (Å²) in [6, 6.07) is 9.53. The number of nitrogens with one attached hydrogen (secondary N) is 2. The molecule has 0 aliphatic carbocycles. The van der Waals surface area contributed by atoms with E-state index in [1.54, 1.807) is 0 Å². The Labute approximate surface area is 123 Å². The van der Waals surface area contributed by atoms with Gasteiger partial charge in [0, 0.05) is 17.1 Å². The van der Waals surface area contributed by atoms with E-state index in [9.17, 15) is 4.79 Å². The Morgan fingerprint density at radius 1 is 1.29 bits per heavy atom. The molecule has 0 saturated heterocycles. The number of amides is 1. The molecule has 21 heavy (non-hydrogen) atoms. The first-order valence-corrected chi connectivity index (χ1v) is 7.00. The third-order valence-electron chi connectivity index (χ3n) is 3.73. The molecule has 0 saturated carbocycles. The number of benzene rings is 1. The Balaban J connectivity index is 1.86. The summed E-state index contributed by atoms with van der Waals surface area (Å²) in [5, 5.41) is 4.06. The molecule has 2 heterocycles. The van der Waals surface area contributed by atoms with Crippen LogP contribution in [0.25, 0.3) is 10.9 Å². The molecule has 3 aromatic rings. The summed E-state index contributed by atoms with van der Waals surface area (Å²) in [6.45, 7) is 5.78. The Bertz CT molecular complexity index is 798. The molecule has 4 nitrogen and oxygen atoms in total. The highest BCUT2D eigenvalue weighted by Crippen LogP contribution is 2.22. The van der Waals surface area contributed by atoms with Crippen molar-refractivity contribution in [3.05, 3.63) is 59.2 Å². The topological polar surface area (TPSA) is 58.0 Å². The Hall–Kier alpha value is -2.49. The lowest BCUT2D eigenvalue weighted by atomic mass is 10.1. The second kappa shape index (κ2) is 5.13. The van der Waals surface area contributed by atoms with Crippen LogP contribution in [0.5, 0.6) is 0 Å². The summed E-state index contributed by atoms with van der Waals surface area (Å²) in [5.41, 5.74) is 2.53. The number of aryl methyl sites for hydroxylation is 2. The highest BCUT2D eigenvalue weighted by Gasteiger charge is 2.17. The maximum Gasteiger partial charge on any atom is 0.253 e. The van der Waals surface area contributed by atoms with Crippen molar-refractivity contribution in [2.24, 2.45) is 0 Å². The lowest BCUT2D eigenvalue weighted by Gasteiger charge is -2.13. The molecule has 2 aromatic heterocycles. The minimum Gasteiger partial charge on any atom is -0.466 e. The number of H-pyrrole nitrogens is 1. The van der Waals surface area contributed by atoms with Gasteiger partial charge in [0.1, 0.15) is 11.5 Å². The molecule has 1 amide bonds. The van der Waals surface area contributed by atoms with Crippen LogP contribution in [0.4, 0.5) is 0 Å². The summed E-state index contributed by atoms with van der Waals surface area (Å²) in [7, 11) is 0. The van der Waals surface area contributed by atoms with Crippen molar-refractivity contribution in [2.75, 3.05) is 0 Å². The molecule has 108 valence electrons. The van der Waals surface area contributed by atoms with Gasteiger partial charge in [-0.2, -0.15) is 0 Å². The van der Waals surface area contributed by atoms with Crippen molar-refractivity contribution >= 4 is 16.8 Å². The molecule has 0 aliphatic rings. The first kappa shape index (κ1) is 13.5. The second-order valence-electron chi connectivity index (χ2n) is 5.31. The smallest absolute Gasteiger partial charge is 0.253 e. The molecule has 0 radical (unpaired) electrons. The van der Waals surface area contributed by atoms with Gasteiger partial charge in [-0.1, -0.05) is 12.1 Å². The molecule has 1 aromatic carbocycles. The fourth-order valence-electron chi connectivity index (χ4n) is 2.71. The highest BCUT2D eigenvalue weighted by atomic mass is 16.3. The van der Waals surface area contributed by atoms with Gasteiger partial charge in [-0.15, -0.1) is 0 Å². The zero-order valence-corrected chi connectivity index (χ0v) is 12.4. The van der Waals surface area contributed by atoms with Gasteiger partial charge in [0.05, 0.1) is 17.1 Å². The number of hydrogen-bond donors (Lipinski definition) is 2. The Morgan fingerprint density at radius 3 is 2.81 bits per heavy atom. The third kappa shape index (κ3) is 2.44. The molecule has 0 bridgehead atoms. The number of fused-ring (bicyclic) bond motifs is 1. The fourth-order valence-corrected chi connectivity index (χ4v) is 2.71. The summed E-state index contributed by atoms with van der Waals surface area (Å²) in [5.74, 6) is 1.61. The predicted molar refractivity (Wildman–Crippen MR) is 82.4 cm³/mol. The van der Waals surface area contributed by atoms with E-state index in [4.69, 9.17) is 4.42 Å². The quantitative estimate of drug-likeness (QED) is 0.766. The van der Waals surface area contributed by atoms with Crippen molar-refractivity contribution in [3.63, 3.8) is 0 Å². The lowest BCUT2D eigenvalue weighted by molar-refractivity contribution is 0.0941. The maximum absolute atomic E-state index is 12.5. The van der Waals surface area contributed by atoms with Gasteiger partial charge < -0.3 is 14.7 Å². The lowest BCUT2D eigenvalue weighted by Crippen LogP contribution is -2.27. The molecule has 0 fully saturated rings. The van der Waals surface area contributed by atoms with E-state index in [1.807, 2.05) is 57.3 Å².